The molecule has 0 aliphatic carbocycles. The van der Waals surface area contributed by atoms with Crippen molar-refractivity contribution in [3.63, 3.8) is 0 Å². The Morgan fingerprint density at radius 2 is 1.73 bits per heavy atom. The summed E-state index contributed by atoms with van der Waals surface area (Å²) in [5.74, 6) is 0.288. The summed E-state index contributed by atoms with van der Waals surface area (Å²) in [6, 6.07) is 1.56. The zero-order valence-corrected chi connectivity index (χ0v) is 18.0. The Balaban J connectivity index is 2.16. The smallest absolute Gasteiger partial charge is 0.372 e. The first-order valence-electron chi connectivity index (χ1n) is 9.58. The van der Waals surface area contributed by atoms with Crippen molar-refractivity contribution in [2.75, 3.05) is 20.2 Å². The second-order valence-electron chi connectivity index (χ2n) is 8.22. The first kappa shape index (κ1) is 25.0. The van der Waals surface area contributed by atoms with Crippen LogP contribution in [0.4, 0.5) is 26.3 Å². The van der Waals surface area contributed by atoms with Gasteiger partial charge in [0.2, 0.25) is 0 Å². The van der Waals surface area contributed by atoms with Crippen LogP contribution in [0.1, 0.15) is 56.4 Å². The number of benzene rings is 1. The van der Waals surface area contributed by atoms with Crippen LogP contribution >= 0.6 is 11.6 Å². The van der Waals surface area contributed by atoms with Crippen molar-refractivity contribution < 1.29 is 31.1 Å². The van der Waals surface area contributed by atoms with E-state index in [4.69, 9.17) is 16.3 Å². The number of hydrogen-bond acceptors (Lipinski definition) is 2. The predicted molar refractivity (Wildman–Crippen MR) is 104 cm³/mol. The quantitative estimate of drug-likeness (QED) is 0.439. The van der Waals surface area contributed by atoms with Gasteiger partial charge in [0.1, 0.15) is 0 Å². The van der Waals surface area contributed by atoms with E-state index in [-0.39, 0.29) is 29.7 Å². The van der Waals surface area contributed by atoms with Crippen molar-refractivity contribution in [3.8, 4) is 0 Å². The van der Waals surface area contributed by atoms with Crippen LogP contribution in [0.5, 0.6) is 0 Å². The highest BCUT2D eigenvalue weighted by Gasteiger charge is 2.38. The number of allylic oxidation sites excluding steroid dienone is 1. The number of alkyl halides is 6. The first-order chi connectivity index (χ1) is 13.6. The molecule has 1 aliphatic heterocycles. The van der Waals surface area contributed by atoms with Gasteiger partial charge in [-0.05, 0) is 70.3 Å². The molecule has 0 amide bonds. The number of likely N-dealkylation sites (N-methyl/N-ethyl adjacent to an activating group) is 1. The summed E-state index contributed by atoms with van der Waals surface area (Å²) in [5, 5.41) is 0.715. The first-order valence-corrected chi connectivity index (χ1v) is 9.96. The minimum absolute atomic E-state index is 0.124. The maximum absolute atomic E-state index is 13.1. The Morgan fingerprint density at radius 3 is 2.17 bits per heavy atom. The van der Waals surface area contributed by atoms with E-state index in [1.54, 1.807) is 0 Å². The molecule has 0 spiro atoms. The summed E-state index contributed by atoms with van der Waals surface area (Å²) in [7, 11) is 1.92. The molecule has 30 heavy (non-hydrogen) atoms. The molecule has 0 radical (unpaired) electrons. The Morgan fingerprint density at radius 1 is 1.20 bits per heavy atom. The van der Waals surface area contributed by atoms with Crippen molar-refractivity contribution in [1.82, 2.24) is 4.90 Å². The largest absolute Gasteiger partial charge is 0.416 e. The lowest BCUT2D eigenvalue weighted by molar-refractivity contribution is -0.143. The van der Waals surface area contributed by atoms with Gasteiger partial charge in [0.15, 0.2) is 0 Å². The number of piperidine rings is 1. The third-order valence-electron chi connectivity index (χ3n) is 5.67. The van der Waals surface area contributed by atoms with E-state index < -0.39 is 29.6 Å². The number of ether oxygens (including phenoxy) is 1. The lowest BCUT2D eigenvalue weighted by Gasteiger charge is -2.45. The summed E-state index contributed by atoms with van der Waals surface area (Å²) in [4.78, 5) is 2.09. The molecule has 3 atom stereocenters. The van der Waals surface area contributed by atoms with E-state index >= 15 is 0 Å². The highest BCUT2D eigenvalue weighted by Crippen LogP contribution is 2.38. The van der Waals surface area contributed by atoms with Crippen LogP contribution in [0.3, 0.4) is 0 Å². The molecule has 0 N–H and O–H groups in total. The lowest BCUT2D eigenvalue weighted by Crippen LogP contribution is -2.52. The Labute approximate surface area is 177 Å². The number of halogens is 7. The number of nitrogens with zero attached hydrogens (tertiary/aromatic N) is 1. The van der Waals surface area contributed by atoms with E-state index in [0.717, 1.165) is 31.5 Å². The van der Waals surface area contributed by atoms with E-state index in [2.05, 4.69) is 4.90 Å². The Bertz CT molecular complexity index is 739. The maximum Gasteiger partial charge on any atom is 0.416 e. The van der Waals surface area contributed by atoms with Crippen LogP contribution in [-0.4, -0.2) is 30.6 Å². The molecule has 1 heterocycles. The van der Waals surface area contributed by atoms with Crippen molar-refractivity contribution in [2.45, 2.75) is 57.6 Å². The molecular weight excluding hydrogens is 432 g/mol. The van der Waals surface area contributed by atoms with Gasteiger partial charge in [-0.25, -0.2) is 0 Å². The SMILES string of the molecule is C/C(Cl)=C/C1CC[C@](C)(CO[C@H](C)c2cc(C(F)(F)F)cc(C(F)(F)F)c2)N(C)C1. The van der Waals surface area contributed by atoms with Crippen molar-refractivity contribution in [2.24, 2.45) is 5.92 Å². The summed E-state index contributed by atoms with van der Waals surface area (Å²) in [6.07, 6.45) is -7.07. The van der Waals surface area contributed by atoms with Crippen molar-refractivity contribution >= 4 is 11.6 Å². The van der Waals surface area contributed by atoms with Gasteiger partial charge in [0, 0.05) is 17.1 Å². The van der Waals surface area contributed by atoms with E-state index in [1.165, 1.54) is 6.92 Å². The Kier molecular flexibility index (Phi) is 7.58. The van der Waals surface area contributed by atoms with Gasteiger partial charge in [0.25, 0.3) is 0 Å². The lowest BCUT2D eigenvalue weighted by atomic mass is 9.84. The normalized spacial score (nSPS) is 25.4. The molecule has 1 saturated heterocycles. The molecule has 170 valence electrons. The molecule has 0 aromatic heterocycles. The average molecular weight is 458 g/mol. The second kappa shape index (κ2) is 9.09. The number of rotatable bonds is 5. The van der Waals surface area contributed by atoms with E-state index in [9.17, 15) is 26.3 Å². The molecule has 0 bridgehead atoms. The molecule has 1 unspecified atom stereocenters. The topological polar surface area (TPSA) is 12.5 Å². The van der Waals surface area contributed by atoms with Crippen LogP contribution in [0, 0.1) is 5.92 Å². The fourth-order valence-corrected chi connectivity index (χ4v) is 3.79. The molecule has 1 aliphatic rings. The van der Waals surface area contributed by atoms with Crippen LogP contribution in [-0.2, 0) is 17.1 Å². The molecule has 2 nitrogen and oxygen atoms in total. The minimum Gasteiger partial charge on any atom is -0.372 e. The second-order valence-corrected chi connectivity index (χ2v) is 8.82. The van der Waals surface area contributed by atoms with E-state index in [1.807, 2.05) is 27.0 Å². The molecular formula is C21H26ClF6NO. The maximum atomic E-state index is 13.1. The third kappa shape index (κ3) is 6.37. The van der Waals surface area contributed by atoms with Crippen LogP contribution in [0.2, 0.25) is 0 Å². The van der Waals surface area contributed by atoms with Gasteiger partial charge >= 0.3 is 12.4 Å². The molecule has 9 heteroatoms. The summed E-state index contributed by atoms with van der Waals surface area (Å²) in [6.45, 7) is 6.16. The monoisotopic (exact) mass is 457 g/mol. The highest BCUT2D eigenvalue weighted by molar-refractivity contribution is 6.29. The fourth-order valence-electron chi connectivity index (χ4n) is 3.61. The fraction of sp³-hybridized carbons (Fsp3) is 0.619. The van der Waals surface area contributed by atoms with Gasteiger partial charge in [-0.2, -0.15) is 26.3 Å². The van der Waals surface area contributed by atoms with Crippen LogP contribution in [0.15, 0.2) is 29.3 Å². The standard InChI is InChI=1S/C21H26ClF6NO/c1-13(22)7-15-5-6-19(3,29(4)11-15)12-30-14(2)16-8-17(20(23,24)25)10-18(9-16)21(26,27)28/h7-10,14-15H,5-6,11-12H2,1-4H3/b13-7-/t14-,15?,19-/m1/s1. The molecule has 1 fully saturated rings. The number of likely N-dealkylation sites (tertiary alicyclic amines) is 1. The van der Waals surface area contributed by atoms with Gasteiger partial charge < -0.3 is 4.74 Å². The van der Waals surface area contributed by atoms with Gasteiger partial charge in [0.05, 0.1) is 23.8 Å². The highest BCUT2D eigenvalue weighted by atomic mass is 35.5. The summed E-state index contributed by atoms with van der Waals surface area (Å²) < 4.78 is 84.3. The van der Waals surface area contributed by atoms with E-state index in [0.29, 0.717) is 5.03 Å². The average Bonchev–Trinajstić information content (AvgIpc) is 2.61. The van der Waals surface area contributed by atoms with Gasteiger partial charge in [-0.3, -0.25) is 4.90 Å². The zero-order chi connectivity index (χ0) is 22.9. The Hall–Kier alpha value is -1.25. The summed E-state index contributed by atoms with van der Waals surface area (Å²) in [5.41, 5.74) is -3.21. The third-order valence-corrected chi connectivity index (χ3v) is 5.80. The minimum atomic E-state index is -4.88. The number of hydrogen-bond donors (Lipinski definition) is 0. The van der Waals surface area contributed by atoms with Crippen molar-refractivity contribution in [3.05, 3.63) is 46.0 Å². The van der Waals surface area contributed by atoms with Gasteiger partial charge in [-0.1, -0.05) is 17.7 Å². The zero-order valence-electron chi connectivity index (χ0n) is 17.3. The molecule has 1 aromatic carbocycles. The van der Waals surface area contributed by atoms with Crippen molar-refractivity contribution in [1.29, 1.82) is 0 Å². The molecule has 0 saturated carbocycles. The predicted octanol–water partition coefficient (Wildman–Crippen LogP) is 7.04. The molecule has 1 aromatic rings. The molecule has 2 rings (SSSR count). The van der Waals surface area contributed by atoms with Crippen LogP contribution in [0.25, 0.3) is 0 Å². The van der Waals surface area contributed by atoms with Crippen LogP contribution < -0.4 is 0 Å². The summed E-state index contributed by atoms with van der Waals surface area (Å²) >= 11 is 5.95. The van der Waals surface area contributed by atoms with Gasteiger partial charge in [-0.15, -0.1) is 0 Å².